The van der Waals surface area contributed by atoms with Gasteiger partial charge in [-0.15, -0.1) is 11.6 Å². The summed E-state index contributed by atoms with van der Waals surface area (Å²) in [6.07, 6.45) is -2.47. The molecule has 2 heterocycles. The SMILES string of the molecule is [2H]C1([2H])c2ccccc2[C@]2(C)N=C(c3[c-]c(Oc4ccc5cc(C)cc(O)c5n4)cc(C(C)(C)C)c3)O[C@@H]12.[Pt]. The number of aryl methyl sites for hydroxylation is 1. The topological polar surface area (TPSA) is 63.9 Å². The monoisotopic (exact) mass is 674 g/mol. The van der Waals surface area contributed by atoms with E-state index in [1.807, 2.05) is 62.4 Å². The van der Waals surface area contributed by atoms with Crippen LogP contribution in [0.25, 0.3) is 10.9 Å². The predicted molar refractivity (Wildman–Crippen MR) is 141 cm³/mol. The Morgan fingerprint density at radius 1 is 1.14 bits per heavy atom. The average molecular weight is 675 g/mol. The van der Waals surface area contributed by atoms with Crippen LogP contribution in [0.3, 0.4) is 0 Å². The molecule has 1 aliphatic heterocycles. The maximum absolute atomic E-state index is 10.4. The number of hydrogen-bond acceptors (Lipinski definition) is 5. The molecule has 0 radical (unpaired) electrons. The molecule has 0 amide bonds. The number of phenols is 1. The van der Waals surface area contributed by atoms with E-state index in [4.69, 9.17) is 17.2 Å². The van der Waals surface area contributed by atoms with E-state index in [1.165, 1.54) is 0 Å². The maximum Gasteiger partial charge on any atom is 0.217 e. The number of aromatic hydroxyl groups is 1. The number of ether oxygens (including phenoxy) is 2. The molecule has 3 aromatic carbocycles. The first-order chi connectivity index (χ1) is 17.9. The Hall–Kier alpha value is -3.17. The molecule has 2 atom stereocenters. The van der Waals surface area contributed by atoms with Crippen LogP contribution in [0.1, 0.15) is 58.3 Å². The quantitative estimate of drug-likeness (QED) is 0.244. The summed E-state index contributed by atoms with van der Waals surface area (Å²) < 4.78 is 30.0. The van der Waals surface area contributed by atoms with Crippen molar-refractivity contribution >= 4 is 16.8 Å². The van der Waals surface area contributed by atoms with Crippen LogP contribution >= 0.6 is 0 Å². The van der Waals surface area contributed by atoms with Crippen molar-refractivity contribution in [3.8, 4) is 17.4 Å². The molecule has 1 N–H and O–H groups in total. The van der Waals surface area contributed by atoms with Gasteiger partial charge in [0.25, 0.3) is 0 Å². The van der Waals surface area contributed by atoms with Crippen molar-refractivity contribution in [2.45, 2.75) is 58.0 Å². The number of hydrogen-bond donors (Lipinski definition) is 1. The molecule has 37 heavy (non-hydrogen) atoms. The molecule has 4 aromatic rings. The summed E-state index contributed by atoms with van der Waals surface area (Å²) in [5, 5.41) is 11.2. The van der Waals surface area contributed by atoms with E-state index in [1.54, 1.807) is 12.1 Å². The molecule has 1 aliphatic carbocycles. The molecule has 2 aliphatic rings. The van der Waals surface area contributed by atoms with Gasteiger partial charge in [0, 0.05) is 47.4 Å². The van der Waals surface area contributed by atoms with Crippen LogP contribution in [0.5, 0.6) is 17.4 Å². The smallest absolute Gasteiger partial charge is 0.217 e. The van der Waals surface area contributed by atoms with E-state index in [0.29, 0.717) is 34.2 Å². The molecule has 0 spiro atoms. The number of rotatable bonds is 3. The Labute approximate surface area is 234 Å². The zero-order chi connectivity index (χ0) is 27.0. The summed E-state index contributed by atoms with van der Waals surface area (Å²) in [5.74, 6) is 1.20. The molecule has 1 aromatic heterocycles. The fourth-order valence-electron chi connectivity index (χ4n) is 4.87. The fraction of sp³-hybridized carbons (Fsp3) is 0.290. The Morgan fingerprint density at radius 2 is 1.92 bits per heavy atom. The van der Waals surface area contributed by atoms with Crippen LogP contribution < -0.4 is 4.74 Å². The second-order valence-corrected chi connectivity index (χ2v) is 10.8. The second-order valence-electron chi connectivity index (χ2n) is 10.8. The van der Waals surface area contributed by atoms with Crippen LogP contribution in [0.2, 0.25) is 0 Å². The van der Waals surface area contributed by atoms with Crippen molar-refractivity contribution in [1.29, 1.82) is 0 Å². The first-order valence-electron chi connectivity index (χ1n) is 13.1. The van der Waals surface area contributed by atoms with Gasteiger partial charge in [0.1, 0.15) is 28.8 Å². The van der Waals surface area contributed by atoms with Gasteiger partial charge in [-0.3, -0.25) is 4.99 Å². The summed E-state index contributed by atoms with van der Waals surface area (Å²) in [6, 6.07) is 21.9. The Bertz CT molecular complexity index is 1650. The van der Waals surface area contributed by atoms with Gasteiger partial charge in [-0.25, -0.2) is 4.98 Å². The summed E-state index contributed by atoms with van der Waals surface area (Å²) in [4.78, 5) is 9.47. The molecule has 6 rings (SSSR count). The van der Waals surface area contributed by atoms with Crippen LogP contribution in [0, 0.1) is 13.0 Å². The van der Waals surface area contributed by atoms with Crippen molar-refractivity contribution in [3.05, 3.63) is 94.5 Å². The van der Waals surface area contributed by atoms with Crippen molar-refractivity contribution in [3.63, 3.8) is 0 Å². The number of nitrogens with zero attached hydrogens (tertiary/aromatic N) is 2. The third-order valence-electron chi connectivity index (χ3n) is 6.88. The Morgan fingerprint density at radius 3 is 2.70 bits per heavy atom. The van der Waals surface area contributed by atoms with Gasteiger partial charge in [0.2, 0.25) is 5.88 Å². The van der Waals surface area contributed by atoms with Crippen molar-refractivity contribution in [1.82, 2.24) is 4.98 Å². The first kappa shape index (κ1) is 23.0. The average Bonchev–Trinajstić information content (AvgIpc) is 3.30. The Balaban J connectivity index is 0.00000308. The minimum absolute atomic E-state index is 0. The number of pyridine rings is 1. The third-order valence-corrected chi connectivity index (χ3v) is 6.88. The molecule has 6 heteroatoms. The number of aliphatic imine (C=N–C) groups is 1. The van der Waals surface area contributed by atoms with Gasteiger partial charge < -0.3 is 14.6 Å². The molecular weight excluding hydrogens is 643 g/mol. The number of fused-ring (bicyclic) bond motifs is 4. The van der Waals surface area contributed by atoms with Gasteiger partial charge >= 0.3 is 0 Å². The summed E-state index contributed by atoms with van der Waals surface area (Å²) in [6.45, 7) is 10.2. The van der Waals surface area contributed by atoms with Gasteiger partial charge in [-0.1, -0.05) is 62.7 Å². The molecule has 192 valence electrons. The molecular formula is C31H29N2O3Pt-. The fourth-order valence-corrected chi connectivity index (χ4v) is 4.87. The summed E-state index contributed by atoms with van der Waals surface area (Å²) in [7, 11) is 0. The zero-order valence-electron chi connectivity index (χ0n) is 23.3. The summed E-state index contributed by atoms with van der Waals surface area (Å²) >= 11 is 0. The number of aromatic nitrogens is 1. The first-order valence-corrected chi connectivity index (χ1v) is 12.1. The van der Waals surface area contributed by atoms with Crippen molar-refractivity contribution in [2.24, 2.45) is 4.99 Å². The van der Waals surface area contributed by atoms with Crippen LogP contribution in [0.15, 0.2) is 65.7 Å². The minimum atomic E-state index is -1.69. The largest absolute Gasteiger partial charge is 0.514 e. The zero-order valence-corrected chi connectivity index (χ0v) is 23.6. The molecule has 0 unspecified atom stereocenters. The van der Waals surface area contributed by atoms with Crippen molar-refractivity contribution < 1.29 is 38.4 Å². The maximum atomic E-state index is 10.4. The van der Waals surface area contributed by atoms with Gasteiger partial charge in [0.05, 0.1) is 0 Å². The molecule has 0 saturated heterocycles. The molecule has 0 saturated carbocycles. The van der Waals surface area contributed by atoms with Crippen LogP contribution in [-0.2, 0) is 43.1 Å². The van der Waals surface area contributed by atoms with E-state index in [9.17, 15) is 5.11 Å². The van der Waals surface area contributed by atoms with Gasteiger partial charge in [-0.2, -0.15) is 0 Å². The number of benzene rings is 3. The van der Waals surface area contributed by atoms with E-state index in [2.05, 4.69) is 31.8 Å². The predicted octanol–water partition coefficient (Wildman–Crippen LogP) is 6.75. The molecule has 5 nitrogen and oxygen atoms in total. The van der Waals surface area contributed by atoms with Crippen molar-refractivity contribution in [2.75, 3.05) is 0 Å². The standard InChI is InChI=1S/C31H29N2O3.Pt/c1-18-12-20-10-11-27(32-28(20)25(34)13-18)35-23-15-21(14-22(17-23)30(2,3)4)29-33-31(5)24-9-7-6-8-19(24)16-26(31)36-29;/h6-14,17,26,34H,16H2,1-5H3;/q-1;/t26-,31-;/m0./s1/i16D2;. The minimum Gasteiger partial charge on any atom is -0.514 e. The van der Waals surface area contributed by atoms with Gasteiger partial charge in [-0.05, 0) is 54.2 Å². The normalized spacial score (nSPS) is 22.2. The van der Waals surface area contributed by atoms with E-state index >= 15 is 0 Å². The van der Waals surface area contributed by atoms with Crippen LogP contribution in [0.4, 0.5) is 0 Å². The molecule has 0 bridgehead atoms. The van der Waals surface area contributed by atoms with E-state index in [-0.39, 0.29) is 32.2 Å². The van der Waals surface area contributed by atoms with Gasteiger partial charge in [0.15, 0.2) is 0 Å². The summed E-state index contributed by atoms with van der Waals surface area (Å²) in [5.41, 5.74) is 3.38. The third kappa shape index (κ3) is 4.44. The Kier molecular flexibility index (Phi) is 5.58. The number of phenolic OH excluding ortho intramolecular Hbond substituents is 1. The van der Waals surface area contributed by atoms with E-state index in [0.717, 1.165) is 22.1 Å². The van der Waals surface area contributed by atoms with Crippen LogP contribution in [-0.4, -0.2) is 22.1 Å². The molecule has 0 fully saturated rings. The van der Waals surface area contributed by atoms with E-state index < -0.39 is 18.0 Å². The second kappa shape index (κ2) is 8.99.